The average molecular weight is 563 g/mol. The molecule has 2 aliphatic rings. The first-order valence-corrected chi connectivity index (χ1v) is 13.5. The second kappa shape index (κ2) is 9.84. The Morgan fingerprint density at radius 1 is 1.29 bits per heavy atom. The van der Waals surface area contributed by atoms with Gasteiger partial charge in [0.2, 0.25) is 0 Å². The van der Waals surface area contributed by atoms with Crippen molar-refractivity contribution in [1.82, 2.24) is 14.7 Å². The van der Waals surface area contributed by atoms with Crippen LogP contribution in [0, 0.1) is 5.82 Å². The number of carbonyl (C=O) groups is 1. The second-order valence-electron chi connectivity index (χ2n) is 9.66. The van der Waals surface area contributed by atoms with E-state index in [9.17, 15) is 31.0 Å². The summed E-state index contributed by atoms with van der Waals surface area (Å²) in [7, 11) is -3.12. The minimum Gasteiger partial charge on any atom is -0.485 e. The van der Waals surface area contributed by atoms with Crippen LogP contribution < -0.4 is 20.5 Å². The molecule has 0 saturated carbocycles. The molecule has 2 atom stereocenters. The lowest BCUT2D eigenvalue weighted by Crippen LogP contribution is -2.67. The molecule has 4 rings (SSSR count). The fourth-order valence-corrected chi connectivity index (χ4v) is 7.84. The number of carbonyl (C=O) groups excluding carboxylic acids is 1. The summed E-state index contributed by atoms with van der Waals surface area (Å²) in [5, 5.41) is 2.45. The van der Waals surface area contributed by atoms with Crippen LogP contribution in [0.25, 0.3) is 0 Å². The smallest absolute Gasteiger partial charge is 0.340 e. The van der Waals surface area contributed by atoms with Gasteiger partial charge in [0.15, 0.2) is 6.61 Å². The summed E-state index contributed by atoms with van der Waals surface area (Å²) in [6, 6.07) is 4.54. The first kappa shape index (κ1) is 27.8. The fraction of sp³-hybridized carbons (Fsp3) is 0.478. The number of nitrogens with zero attached hydrogens (tertiary/aromatic N) is 3. The highest BCUT2D eigenvalue weighted by molar-refractivity contribution is 8.03. The van der Waals surface area contributed by atoms with Gasteiger partial charge in [0.05, 0.1) is 10.9 Å². The SMILES string of the molecule is C[C@@]12CCCN[SH]1(=O)C[C@@](C)(c1nc(NC(=O)c3ccc(OCC(F)(F)C(F)F)cn3)ccc1F)N=C2N. The molecule has 2 aromatic rings. The number of pyridine rings is 2. The maximum absolute atomic E-state index is 15.0. The Bertz CT molecular complexity index is 1310. The molecule has 0 bridgehead atoms. The van der Waals surface area contributed by atoms with Crippen molar-refractivity contribution in [2.24, 2.45) is 10.7 Å². The monoisotopic (exact) mass is 562 g/mol. The molecule has 9 nitrogen and oxygen atoms in total. The van der Waals surface area contributed by atoms with Crippen molar-refractivity contribution in [2.75, 3.05) is 24.2 Å². The van der Waals surface area contributed by atoms with Crippen LogP contribution in [0.2, 0.25) is 0 Å². The molecule has 1 saturated heterocycles. The van der Waals surface area contributed by atoms with E-state index in [1.165, 1.54) is 6.07 Å². The Morgan fingerprint density at radius 3 is 2.68 bits per heavy atom. The van der Waals surface area contributed by atoms with Gasteiger partial charge in [-0.1, -0.05) is 0 Å². The predicted octanol–water partition coefficient (Wildman–Crippen LogP) is 2.81. The molecule has 2 aliphatic heterocycles. The van der Waals surface area contributed by atoms with Crippen molar-refractivity contribution >= 4 is 27.7 Å². The van der Waals surface area contributed by atoms with E-state index in [2.05, 4.69) is 29.7 Å². The average Bonchev–Trinajstić information content (AvgIpc) is 2.85. The van der Waals surface area contributed by atoms with Crippen LogP contribution in [0.3, 0.4) is 0 Å². The lowest BCUT2D eigenvalue weighted by Gasteiger charge is -2.52. The predicted molar refractivity (Wildman–Crippen MR) is 132 cm³/mol. The van der Waals surface area contributed by atoms with Crippen molar-refractivity contribution in [3.05, 3.63) is 47.7 Å². The standard InChI is InChI=1S/C23H27F5N6O3S/c1-21(12-38(36)22(2,20(29)34-21)8-3-9-31-38)17-14(24)5-7-16(32-17)33-18(35)15-6-4-13(10-30-15)37-11-23(27,28)19(25)26/h4-7,10,19,38H,3,8-9,11-12H2,1-2H3,(H2,29,34)(H,31,36)(H,32,33,35)/t21-,22-/m0/s1. The molecule has 0 radical (unpaired) electrons. The molecule has 38 heavy (non-hydrogen) atoms. The first-order valence-electron chi connectivity index (χ1n) is 11.6. The van der Waals surface area contributed by atoms with Gasteiger partial charge in [0.1, 0.15) is 40.1 Å². The van der Waals surface area contributed by atoms with Gasteiger partial charge in [-0.15, -0.1) is 0 Å². The number of hydrogen-bond acceptors (Lipinski definition) is 7. The Morgan fingerprint density at radius 2 is 2.03 bits per heavy atom. The highest BCUT2D eigenvalue weighted by Gasteiger charge is 2.53. The number of alkyl halides is 4. The maximum atomic E-state index is 15.0. The van der Waals surface area contributed by atoms with E-state index in [-0.39, 0.29) is 34.5 Å². The minimum absolute atomic E-state index is 0.0217. The number of aromatic nitrogens is 2. The molecule has 1 amide bonds. The van der Waals surface area contributed by atoms with E-state index in [4.69, 9.17) is 5.73 Å². The molecule has 4 heterocycles. The topological polar surface area (TPSA) is 132 Å². The fourth-order valence-electron chi connectivity index (χ4n) is 4.49. The minimum atomic E-state index is -4.34. The van der Waals surface area contributed by atoms with Crippen molar-refractivity contribution in [1.29, 1.82) is 0 Å². The molecule has 4 N–H and O–H groups in total. The zero-order chi connectivity index (χ0) is 27.9. The zero-order valence-electron chi connectivity index (χ0n) is 20.5. The number of halogens is 5. The highest BCUT2D eigenvalue weighted by atomic mass is 32.3. The number of hydrogen-bond donors (Lipinski definition) is 4. The van der Waals surface area contributed by atoms with Gasteiger partial charge in [0, 0.05) is 12.3 Å². The van der Waals surface area contributed by atoms with E-state index in [1.54, 1.807) is 13.8 Å². The highest BCUT2D eigenvalue weighted by Crippen LogP contribution is 2.43. The number of aliphatic imine (C=N–C) groups is 1. The molecule has 0 aliphatic carbocycles. The third kappa shape index (κ3) is 5.08. The van der Waals surface area contributed by atoms with E-state index < -0.39 is 51.1 Å². The van der Waals surface area contributed by atoms with E-state index in [0.29, 0.717) is 13.0 Å². The van der Waals surface area contributed by atoms with Crippen molar-refractivity contribution < 1.29 is 35.7 Å². The Hall–Kier alpha value is -3.20. The van der Waals surface area contributed by atoms with Crippen LogP contribution >= 0.6 is 0 Å². The van der Waals surface area contributed by atoms with Gasteiger partial charge in [-0.05, 0) is 61.1 Å². The Balaban J connectivity index is 1.52. The lowest BCUT2D eigenvalue weighted by molar-refractivity contribution is -0.148. The Labute approximate surface area is 216 Å². The molecular formula is C23H27F5N6O3S. The van der Waals surface area contributed by atoms with Crippen molar-refractivity contribution in [2.45, 2.75) is 49.3 Å². The molecule has 15 heteroatoms. The molecule has 2 aromatic heterocycles. The van der Waals surface area contributed by atoms with Crippen LogP contribution in [-0.4, -0.2) is 61.9 Å². The summed E-state index contributed by atoms with van der Waals surface area (Å²) in [4.78, 5) is 25.2. The molecule has 0 unspecified atom stereocenters. The molecule has 208 valence electrons. The number of amidine groups is 1. The summed E-state index contributed by atoms with van der Waals surface area (Å²) in [5.74, 6) is -6.02. The van der Waals surface area contributed by atoms with Gasteiger partial charge in [0.25, 0.3) is 5.91 Å². The number of nitrogens with two attached hydrogens (primary N) is 1. The summed E-state index contributed by atoms with van der Waals surface area (Å²) < 4.78 is 86.3. The summed E-state index contributed by atoms with van der Waals surface area (Å²) in [6.45, 7) is 2.33. The number of rotatable bonds is 7. The number of ether oxygens (including phenoxy) is 1. The number of fused-ring (bicyclic) bond motifs is 1. The van der Waals surface area contributed by atoms with Crippen molar-refractivity contribution in [3.63, 3.8) is 0 Å². The van der Waals surface area contributed by atoms with Crippen LogP contribution in [0.1, 0.15) is 42.9 Å². The maximum Gasteiger partial charge on any atom is 0.340 e. The lowest BCUT2D eigenvalue weighted by atomic mass is 9.96. The summed E-state index contributed by atoms with van der Waals surface area (Å²) in [5.41, 5.74) is 4.56. The number of amides is 1. The normalized spacial score (nSPS) is 25.7. The van der Waals surface area contributed by atoms with E-state index >= 15 is 0 Å². The van der Waals surface area contributed by atoms with E-state index in [0.717, 1.165) is 30.8 Å². The third-order valence-corrected chi connectivity index (χ3v) is 10.6. The summed E-state index contributed by atoms with van der Waals surface area (Å²) >= 11 is 0. The third-order valence-electron chi connectivity index (χ3n) is 6.77. The first-order chi connectivity index (χ1) is 17.7. The van der Waals surface area contributed by atoms with Crippen LogP contribution in [-0.2, 0) is 15.7 Å². The second-order valence-corrected chi connectivity index (χ2v) is 12.8. The zero-order valence-corrected chi connectivity index (χ0v) is 21.4. The molecule has 0 aromatic carbocycles. The van der Waals surface area contributed by atoms with Crippen molar-refractivity contribution in [3.8, 4) is 5.75 Å². The van der Waals surface area contributed by atoms with Crippen LogP contribution in [0.5, 0.6) is 5.75 Å². The number of thiol groups is 1. The number of nitrogens with one attached hydrogen (secondary N) is 2. The quantitative estimate of drug-likeness (QED) is 0.303. The van der Waals surface area contributed by atoms with E-state index in [1.807, 2.05) is 0 Å². The molecule has 1 fully saturated rings. The summed E-state index contributed by atoms with van der Waals surface area (Å²) in [6.07, 6.45) is -1.62. The van der Waals surface area contributed by atoms with Gasteiger partial charge < -0.3 is 15.8 Å². The van der Waals surface area contributed by atoms with Gasteiger partial charge in [-0.3, -0.25) is 18.7 Å². The number of anilines is 1. The van der Waals surface area contributed by atoms with Crippen LogP contribution in [0.4, 0.5) is 27.8 Å². The largest absolute Gasteiger partial charge is 0.485 e. The molecule has 0 spiro atoms. The molecular weight excluding hydrogens is 535 g/mol. The van der Waals surface area contributed by atoms with Gasteiger partial charge in [-0.25, -0.2) is 23.1 Å². The van der Waals surface area contributed by atoms with Gasteiger partial charge in [-0.2, -0.15) is 8.78 Å². The van der Waals surface area contributed by atoms with Crippen LogP contribution in [0.15, 0.2) is 35.5 Å². The van der Waals surface area contributed by atoms with Gasteiger partial charge >= 0.3 is 12.3 Å². The Kier molecular flexibility index (Phi) is 7.20.